The average Bonchev–Trinajstić information content (AvgIpc) is 2.68. The number of hydrogen-bond donors (Lipinski definition) is 2. The van der Waals surface area contributed by atoms with Gasteiger partial charge in [-0.1, -0.05) is 11.6 Å². The Balaban J connectivity index is 1.93. The van der Waals surface area contributed by atoms with E-state index < -0.39 is 0 Å². The molecule has 0 radical (unpaired) electrons. The smallest absolute Gasteiger partial charge is 0.221 e. The number of hydrogen-bond acceptors (Lipinski definition) is 2. The number of carbonyl (C=O) groups excluding carboxylic acids is 1. The third-order valence-corrected chi connectivity index (χ3v) is 2.74. The van der Waals surface area contributed by atoms with Gasteiger partial charge in [0.2, 0.25) is 5.91 Å². The molecular weight excluding hydrogens is 200 g/mol. The molecule has 0 aliphatic heterocycles. The molecule has 0 aromatic heterocycles. The molecule has 92 valence electrons. The Morgan fingerprint density at radius 2 is 2.25 bits per heavy atom. The van der Waals surface area contributed by atoms with Crippen LogP contribution in [0.4, 0.5) is 0 Å². The number of nitrogens with one attached hydrogen (secondary N) is 2. The summed E-state index contributed by atoms with van der Waals surface area (Å²) >= 11 is 0. The van der Waals surface area contributed by atoms with E-state index in [9.17, 15) is 4.79 Å². The normalized spacial score (nSPS) is 15.3. The lowest BCUT2D eigenvalue weighted by Crippen LogP contribution is -2.32. The van der Waals surface area contributed by atoms with Crippen LogP contribution in [0.25, 0.3) is 0 Å². The molecular formula is C13H24N2O. The first-order valence-corrected chi connectivity index (χ1v) is 6.36. The Hall–Kier alpha value is -0.830. The highest BCUT2D eigenvalue weighted by molar-refractivity contribution is 5.76. The maximum absolute atomic E-state index is 11.3. The SMILES string of the molecule is CC(C)NC(=O)CCNCCC1=CCCC1. The summed E-state index contributed by atoms with van der Waals surface area (Å²) in [4.78, 5) is 11.3. The van der Waals surface area contributed by atoms with Crippen LogP contribution in [0.3, 0.4) is 0 Å². The van der Waals surface area contributed by atoms with E-state index in [1.54, 1.807) is 5.57 Å². The van der Waals surface area contributed by atoms with Crippen molar-refractivity contribution in [2.24, 2.45) is 0 Å². The van der Waals surface area contributed by atoms with Crippen molar-refractivity contribution in [2.45, 2.75) is 52.0 Å². The molecule has 16 heavy (non-hydrogen) atoms. The Labute approximate surface area is 98.7 Å². The predicted molar refractivity (Wildman–Crippen MR) is 67.3 cm³/mol. The average molecular weight is 224 g/mol. The van der Waals surface area contributed by atoms with Gasteiger partial charge in [0.15, 0.2) is 0 Å². The van der Waals surface area contributed by atoms with Gasteiger partial charge >= 0.3 is 0 Å². The number of allylic oxidation sites excluding steroid dienone is 1. The van der Waals surface area contributed by atoms with Crippen molar-refractivity contribution in [2.75, 3.05) is 13.1 Å². The van der Waals surface area contributed by atoms with Crippen molar-refractivity contribution in [3.8, 4) is 0 Å². The van der Waals surface area contributed by atoms with Crippen LogP contribution in [-0.4, -0.2) is 25.0 Å². The van der Waals surface area contributed by atoms with Crippen molar-refractivity contribution in [3.63, 3.8) is 0 Å². The molecule has 0 heterocycles. The van der Waals surface area contributed by atoms with Crippen LogP contribution in [0.1, 0.15) is 46.0 Å². The zero-order chi connectivity index (χ0) is 11.8. The van der Waals surface area contributed by atoms with Gasteiger partial charge in [0.25, 0.3) is 0 Å². The molecule has 0 fully saturated rings. The Morgan fingerprint density at radius 1 is 1.44 bits per heavy atom. The lowest BCUT2D eigenvalue weighted by atomic mass is 10.2. The summed E-state index contributed by atoms with van der Waals surface area (Å²) in [7, 11) is 0. The Bertz CT molecular complexity index is 246. The van der Waals surface area contributed by atoms with Gasteiger partial charge < -0.3 is 10.6 Å². The first kappa shape index (κ1) is 13.2. The van der Waals surface area contributed by atoms with Crippen molar-refractivity contribution in [1.82, 2.24) is 10.6 Å². The second-order valence-electron chi connectivity index (χ2n) is 4.73. The molecule has 0 bridgehead atoms. The van der Waals surface area contributed by atoms with Crippen molar-refractivity contribution >= 4 is 5.91 Å². The monoisotopic (exact) mass is 224 g/mol. The lowest BCUT2D eigenvalue weighted by molar-refractivity contribution is -0.121. The fourth-order valence-electron chi connectivity index (χ4n) is 1.93. The highest BCUT2D eigenvalue weighted by atomic mass is 16.1. The summed E-state index contributed by atoms with van der Waals surface area (Å²) < 4.78 is 0. The number of carbonyl (C=O) groups is 1. The third-order valence-electron chi connectivity index (χ3n) is 2.74. The van der Waals surface area contributed by atoms with Gasteiger partial charge in [-0.2, -0.15) is 0 Å². The van der Waals surface area contributed by atoms with Crippen molar-refractivity contribution in [3.05, 3.63) is 11.6 Å². The van der Waals surface area contributed by atoms with Crippen LogP contribution in [0.15, 0.2) is 11.6 Å². The van der Waals surface area contributed by atoms with Crippen LogP contribution in [0.2, 0.25) is 0 Å². The Morgan fingerprint density at radius 3 is 2.88 bits per heavy atom. The molecule has 2 N–H and O–H groups in total. The van der Waals surface area contributed by atoms with Gasteiger partial charge in [0, 0.05) is 19.0 Å². The van der Waals surface area contributed by atoms with Gasteiger partial charge in [0.05, 0.1) is 0 Å². The molecule has 1 amide bonds. The summed E-state index contributed by atoms with van der Waals surface area (Å²) in [6.07, 6.45) is 7.93. The molecule has 3 heteroatoms. The molecule has 0 saturated carbocycles. The first-order valence-electron chi connectivity index (χ1n) is 6.36. The second-order valence-corrected chi connectivity index (χ2v) is 4.73. The summed E-state index contributed by atoms with van der Waals surface area (Å²) in [6, 6.07) is 0.246. The van der Waals surface area contributed by atoms with Gasteiger partial charge in [-0.15, -0.1) is 0 Å². The van der Waals surface area contributed by atoms with Crippen LogP contribution in [0, 0.1) is 0 Å². The molecule has 0 aromatic rings. The van der Waals surface area contributed by atoms with Crippen molar-refractivity contribution in [1.29, 1.82) is 0 Å². The maximum Gasteiger partial charge on any atom is 0.221 e. The molecule has 1 aliphatic rings. The number of rotatable bonds is 7. The van der Waals surface area contributed by atoms with Crippen molar-refractivity contribution < 1.29 is 4.79 Å². The molecule has 0 atom stereocenters. The van der Waals surface area contributed by atoms with E-state index in [1.165, 1.54) is 19.3 Å². The van der Waals surface area contributed by atoms with Crippen LogP contribution in [0.5, 0.6) is 0 Å². The van der Waals surface area contributed by atoms with E-state index in [0.717, 1.165) is 19.5 Å². The van der Waals surface area contributed by atoms with E-state index in [-0.39, 0.29) is 11.9 Å². The minimum Gasteiger partial charge on any atom is -0.354 e. The topological polar surface area (TPSA) is 41.1 Å². The summed E-state index contributed by atoms with van der Waals surface area (Å²) in [6.45, 7) is 5.75. The van der Waals surface area contributed by atoms with E-state index in [0.29, 0.717) is 6.42 Å². The summed E-state index contributed by atoms with van der Waals surface area (Å²) in [5.41, 5.74) is 1.58. The number of amides is 1. The minimum absolute atomic E-state index is 0.141. The molecule has 1 rings (SSSR count). The van der Waals surface area contributed by atoms with Gasteiger partial charge in [0.1, 0.15) is 0 Å². The quantitative estimate of drug-likeness (QED) is 0.513. The summed E-state index contributed by atoms with van der Waals surface area (Å²) in [5, 5.41) is 6.20. The fourth-order valence-corrected chi connectivity index (χ4v) is 1.93. The molecule has 0 aromatic carbocycles. The fraction of sp³-hybridized carbons (Fsp3) is 0.769. The van der Waals surface area contributed by atoms with E-state index in [1.807, 2.05) is 13.8 Å². The molecule has 0 unspecified atom stereocenters. The predicted octanol–water partition coefficient (Wildman–Crippen LogP) is 1.99. The molecule has 3 nitrogen and oxygen atoms in total. The highest BCUT2D eigenvalue weighted by Crippen LogP contribution is 2.19. The third kappa shape index (κ3) is 5.91. The van der Waals surface area contributed by atoms with E-state index in [4.69, 9.17) is 0 Å². The van der Waals surface area contributed by atoms with Crippen LogP contribution in [-0.2, 0) is 4.79 Å². The molecule has 0 spiro atoms. The van der Waals surface area contributed by atoms with Gasteiger partial charge in [-0.3, -0.25) is 4.79 Å². The first-order chi connectivity index (χ1) is 7.68. The molecule has 0 saturated heterocycles. The zero-order valence-corrected chi connectivity index (χ0v) is 10.5. The minimum atomic E-state index is 0.141. The van der Waals surface area contributed by atoms with E-state index >= 15 is 0 Å². The zero-order valence-electron chi connectivity index (χ0n) is 10.5. The maximum atomic E-state index is 11.3. The van der Waals surface area contributed by atoms with E-state index in [2.05, 4.69) is 16.7 Å². The lowest BCUT2D eigenvalue weighted by Gasteiger charge is -2.09. The highest BCUT2D eigenvalue weighted by Gasteiger charge is 2.04. The Kier molecular flexibility index (Phi) is 6.16. The van der Waals surface area contributed by atoms with Gasteiger partial charge in [-0.25, -0.2) is 0 Å². The summed E-state index contributed by atoms with van der Waals surface area (Å²) in [5.74, 6) is 0.141. The van der Waals surface area contributed by atoms with Crippen LogP contribution < -0.4 is 10.6 Å². The standard InChI is InChI=1S/C13H24N2O/c1-11(2)15-13(16)8-10-14-9-7-12-5-3-4-6-12/h5,11,14H,3-4,6-10H2,1-2H3,(H,15,16). The largest absolute Gasteiger partial charge is 0.354 e. The second kappa shape index (κ2) is 7.44. The van der Waals surface area contributed by atoms with Gasteiger partial charge in [-0.05, 0) is 46.1 Å². The van der Waals surface area contributed by atoms with Crippen LogP contribution >= 0.6 is 0 Å². The molecule has 1 aliphatic carbocycles.